The topological polar surface area (TPSA) is 82.6 Å². The number of methoxy groups -OCH3 is 1. The molecule has 1 N–H and O–H groups in total. The summed E-state index contributed by atoms with van der Waals surface area (Å²) in [5.41, 5.74) is 1.58. The third-order valence-electron chi connectivity index (χ3n) is 5.21. The molecule has 4 rings (SSSR count). The van der Waals surface area contributed by atoms with Gasteiger partial charge in [-0.25, -0.2) is 9.18 Å². The monoisotopic (exact) mass is 415 g/mol. The Morgan fingerprint density at radius 2 is 1.97 bits per heavy atom. The minimum Gasteiger partial charge on any atom is -0.497 e. The summed E-state index contributed by atoms with van der Waals surface area (Å²) in [6, 6.07) is 11.8. The van der Waals surface area contributed by atoms with Crippen LogP contribution in [-0.4, -0.2) is 61.6 Å². The van der Waals surface area contributed by atoms with Crippen molar-refractivity contribution in [3.05, 3.63) is 53.8 Å². The third-order valence-corrected chi connectivity index (χ3v) is 5.21. The lowest BCUT2D eigenvalue weighted by Gasteiger charge is -2.21. The second kappa shape index (κ2) is 8.19. The smallest absolute Gasteiger partial charge is 0.414 e. The lowest BCUT2D eigenvalue weighted by molar-refractivity contribution is -0.127. The fourth-order valence-corrected chi connectivity index (χ4v) is 3.60. The zero-order valence-corrected chi connectivity index (χ0v) is 16.5. The van der Waals surface area contributed by atoms with Crippen LogP contribution in [0.2, 0.25) is 0 Å². The van der Waals surface area contributed by atoms with Gasteiger partial charge in [0.2, 0.25) is 5.91 Å². The first-order chi connectivity index (χ1) is 14.5. The quantitative estimate of drug-likeness (QED) is 0.777. The summed E-state index contributed by atoms with van der Waals surface area (Å²) in [6.07, 6.45) is -1.24. The number of aliphatic hydroxyl groups excluding tert-OH is 1. The van der Waals surface area contributed by atoms with E-state index in [4.69, 9.17) is 14.6 Å². The van der Waals surface area contributed by atoms with Gasteiger partial charge in [-0.3, -0.25) is 9.69 Å². The molecule has 2 heterocycles. The Kier molecular flexibility index (Phi) is 5.45. The first-order valence-corrected chi connectivity index (χ1v) is 9.52. The van der Waals surface area contributed by atoms with Gasteiger partial charge in [-0.1, -0.05) is 12.1 Å². The molecular formula is C21H22FN3O5. The Balaban J connectivity index is 1.45. The maximum atomic E-state index is 14.8. The summed E-state index contributed by atoms with van der Waals surface area (Å²) in [5, 5.41) is 9.14. The molecule has 0 radical (unpaired) electrons. The minimum absolute atomic E-state index is 0.0742. The molecule has 0 aromatic heterocycles. The van der Waals surface area contributed by atoms with E-state index in [0.29, 0.717) is 12.2 Å². The molecule has 2 saturated heterocycles. The van der Waals surface area contributed by atoms with Crippen molar-refractivity contribution in [1.29, 1.82) is 0 Å². The van der Waals surface area contributed by atoms with Crippen molar-refractivity contribution in [2.75, 3.05) is 43.3 Å². The van der Waals surface area contributed by atoms with E-state index < -0.39 is 18.0 Å². The number of hydrogen-bond donors (Lipinski definition) is 1. The van der Waals surface area contributed by atoms with Crippen molar-refractivity contribution in [2.24, 2.45) is 0 Å². The largest absolute Gasteiger partial charge is 0.497 e. The number of carbonyl (C=O) groups is 2. The van der Waals surface area contributed by atoms with E-state index in [0.717, 1.165) is 11.3 Å². The average molecular weight is 415 g/mol. The van der Waals surface area contributed by atoms with Crippen LogP contribution >= 0.6 is 0 Å². The van der Waals surface area contributed by atoms with Gasteiger partial charge in [-0.15, -0.1) is 0 Å². The van der Waals surface area contributed by atoms with Crippen molar-refractivity contribution >= 4 is 23.4 Å². The molecule has 8 nitrogen and oxygen atoms in total. The number of carbonyl (C=O) groups excluding carboxylic acids is 2. The van der Waals surface area contributed by atoms with Gasteiger partial charge in [-0.05, 0) is 35.9 Å². The molecule has 9 heteroatoms. The van der Waals surface area contributed by atoms with Gasteiger partial charge in [0, 0.05) is 6.54 Å². The fourth-order valence-electron chi connectivity index (χ4n) is 3.60. The highest BCUT2D eigenvalue weighted by Gasteiger charge is 2.33. The highest BCUT2D eigenvalue weighted by molar-refractivity contribution is 5.90. The average Bonchev–Trinajstić information content (AvgIpc) is 3.30. The van der Waals surface area contributed by atoms with E-state index in [1.165, 1.54) is 11.0 Å². The maximum absolute atomic E-state index is 14.8. The zero-order chi connectivity index (χ0) is 21.3. The number of benzene rings is 2. The number of nitrogens with zero attached hydrogens (tertiary/aromatic N) is 3. The molecule has 0 saturated carbocycles. The van der Waals surface area contributed by atoms with Gasteiger partial charge in [0.1, 0.15) is 17.7 Å². The number of rotatable bonds is 6. The number of ether oxygens (including phenoxy) is 2. The highest BCUT2D eigenvalue weighted by Crippen LogP contribution is 2.29. The third kappa shape index (κ3) is 3.88. The molecule has 0 bridgehead atoms. The van der Waals surface area contributed by atoms with E-state index in [1.807, 2.05) is 24.3 Å². The first-order valence-electron chi connectivity index (χ1n) is 9.52. The Bertz CT molecular complexity index is 952. The number of hydrogen-bond acceptors (Lipinski definition) is 6. The molecule has 0 aliphatic carbocycles. The SMILES string of the molecule is COc1ccc(CN2CN(c3ccc(N4CC(CO)OC4=O)cc3F)CC2=O)cc1. The molecule has 0 spiro atoms. The predicted octanol–water partition coefficient (Wildman–Crippen LogP) is 1.96. The second-order valence-electron chi connectivity index (χ2n) is 7.21. The van der Waals surface area contributed by atoms with Crippen LogP contribution in [0.1, 0.15) is 5.56 Å². The number of anilines is 2. The Morgan fingerprint density at radius 1 is 1.20 bits per heavy atom. The van der Waals surface area contributed by atoms with Gasteiger partial charge < -0.3 is 24.4 Å². The predicted molar refractivity (Wildman–Crippen MR) is 107 cm³/mol. The van der Waals surface area contributed by atoms with Crippen LogP contribution in [0.15, 0.2) is 42.5 Å². The van der Waals surface area contributed by atoms with Crippen molar-refractivity contribution in [3.8, 4) is 5.75 Å². The molecule has 2 aliphatic rings. The fraction of sp³-hybridized carbons (Fsp3) is 0.333. The minimum atomic E-state index is -0.622. The van der Waals surface area contributed by atoms with Crippen molar-refractivity contribution in [3.63, 3.8) is 0 Å². The molecule has 1 unspecified atom stereocenters. The molecule has 2 amide bonds. The van der Waals surface area contributed by atoms with Crippen molar-refractivity contribution < 1.29 is 28.6 Å². The number of cyclic esters (lactones) is 1. The Labute approximate surface area is 173 Å². The molecule has 2 aromatic carbocycles. The number of amides is 2. The molecular weight excluding hydrogens is 393 g/mol. The van der Waals surface area contributed by atoms with Crippen LogP contribution in [-0.2, 0) is 16.1 Å². The summed E-state index contributed by atoms with van der Waals surface area (Å²) < 4.78 is 24.9. The number of halogens is 1. The molecule has 1 atom stereocenters. The van der Waals surface area contributed by atoms with E-state index >= 15 is 0 Å². The van der Waals surface area contributed by atoms with Crippen molar-refractivity contribution in [1.82, 2.24) is 4.90 Å². The summed E-state index contributed by atoms with van der Waals surface area (Å²) in [7, 11) is 1.59. The van der Waals surface area contributed by atoms with Crippen LogP contribution in [0.3, 0.4) is 0 Å². The van der Waals surface area contributed by atoms with Crippen LogP contribution in [0.25, 0.3) is 0 Å². The van der Waals surface area contributed by atoms with Gasteiger partial charge in [-0.2, -0.15) is 0 Å². The number of aliphatic hydroxyl groups is 1. The van der Waals surface area contributed by atoms with Crippen LogP contribution in [0.4, 0.5) is 20.6 Å². The van der Waals surface area contributed by atoms with Crippen LogP contribution in [0.5, 0.6) is 5.75 Å². The van der Waals surface area contributed by atoms with Gasteiger partial charge in [0.15, 0.2) is 0 Å². The van der Waals surface area contributed by atoms with E-state index in [-0.39, 0.29) is 38.0 Å². The van der Waals surface area contributed by atoms with E-state index in [9.17, 15) is 14.0 Å². The van der Waals surface area contributed by atoms with E-state index in [2.05, 4.69) is 0 Å². The highest BCUT2D eigenvalue weighted by atomic mass is 19.1. The summed E-state index contributed by atoms with van der Waals surface area (Å²) in [4.78, 5) is 28.9. The van der Waals surface area contributed by atoms with Crippen molar-refractivity contribution in [2.45, 2.75) is 12.6 Å². The summed E-state index contributed by atoms with van der Waals surface area (Å²) in [6.45, 7) is 0.625. The first kappa shape index (κ1) is 20.0. The molecule has 158 valence electrons. The van der Waals surface area contributed by atoms with Gasteiger partial charge in [0.25, 0.3) is 0 Å². The Hall–Kier alpha value is -3.33. The lowest BCUT2D eigenvalue weighted by Crippen LogP contribution is -2.27. The van der Waals surface area contributed by atoms with E-state index in [1.54, 1.807) is 29.0 Å². The maximum Gasteiger partial charge on any atom is 0.414 e. The van der Waals surface area contributed by atoms with Crippen LogP contribution in [0, 0.1) is 5.82 Å². The lowest BCUT2D eigenvalue weighted by atomic mass is 10.2. The Morgan fingerprint density at radius 3 is 2.60 bits per heavy atom. The molecule has 2 aromatic rings. The molecule has 2 aliphatic heterocycles. The molecule has 30 heavy (non-hydrogen) atoms. The summed E-state index contributed by atoms with van der Waals surface area (Å²) in [5.74, 6) is 0.109. The standard InChI is InChI=1S/C21H22FN3O5/c1-29-16-5-2-14(3-6-16)9-24-13-23(11-20(24)27)19-7-4-15(8-18(19)22)25-10-17(12-26)30-21(25)28/h2-8,17,26H,9-13H2,1H3. The zero-order valence-electron chi connectivity index (χ0n) is 16.5. The molecule has 2 fully saturated rings. The van der Waals surface area contributed by atoms with Gasteiger partial charge in [0.05, 0.1) is 44.8 Å². The van der Waals surface area contributed by atoms with Gasteiger partial charge >= 0.3 is 6.09 Å². The normalized spacial score (nSPS) is 18.9. The summed E-state index contributed by atoms with van der Waals surface area (Å²) >= 11 is 0. The second-order valence-corrected chi connectivity index (χ2v) is 7.21. The van der Waals surface area contributed by atoms with Crippen LogP contribution < -0.4 is 14.5 Å².